The van der Waals surface area contributed by atoms with Crippen LogP contribution in [0.4, 0.5) is 9.59 Å². The Hall–Kier alpha value is -1.83. The van der Waals surface area contributed by atoms with E-state index in [1.807, 2.05) is 0 Å². The van der Waals surface area contributed by atoms with Gasteiger partial charge in [0.05, 0.1) is 0 Å². The summed E-state index contributed by atoms with van der Waals surface area (Å²) in [6.07, 6.45) is -3.47. The van der Waals surface area contributed by atoms with Gasteiger partial charge in [-0.3, -0.25) is 4.90 Å². The molecule has 1 atom stereocenters. The highest BCUT2D eigenvalue weighted by Crippen LogP contribution is 2.11. The summed E-state index contributed by atoms with van der Waals surface area (Å²) in [5, 5.41) is 0. The summed E-state index contributed by atoms with van der Waals surface area (Å²) in [6, 6.07) is 0. The predicted molar refractivity (Wildman–Crippen MR) is 74.3 cm³/mol. The molecule has 0 fully saturated rings. The zero-order chi connectivity index (χ0) is 17.0. The average Bonchev–Trinajstić information content (AvgIpc) is 2.21. The van der Waals surface area contributed by atoms with Crippen molar-refractivity contribution in [3.8, 4) is 0 Å². The number of carbonyl (C=O) groups excluding carboxylic acids is 3. The number of likely N-dealkylation sites (N-methyl/N-ethyl adjacent to an activating group) is 1. The van der Waals surface area contributed by atoms with E-state index in [0.717, 1.165) is 4.90 Å². The maximum absolute atomic E-state index is 11.7. The lowest BCUT2D eigenvalue weighted by atomic mass is 10.2. The maximum atomic E-state index is 11.7. The van der Waals surface area contributed by atoms with Crippen molar-refractivity contribution in [1.82, 2.24) is 4.90 Å². The van der Waals surface area contributed by atoms with Crippen molar-refractivity contribution in [2.75, 3.05) is 7.05 Å². The van der Waals surface area contributed by atoms with Gasteiger partial charge in [-0.1, -0.05) is 0 Å². The first kappa shape index (κ1) is 19.2. The van der Waals surface area contributed by atoms with Gasteiger partial charge in [0.15, 0.2) is 6.17 Å². The highest BCUT2D eigenvalue weighted by atomic mass is 16.7. The van der Waals surface area contributed by atoms with Gasteiger partial charge in [0.25, 0.3) is 0 Å². The largest absolute Gasteiger partial charge is 0.516 e. The average molecular weight is 304 g/mol. The van der Waals surface area contributed by atoms with Crippen LogP contribution in [0.2, 0.25) is 0 Å². The van der Waals surface area contributed by atoms with E-state index in [-0.39, 0.29) is 0 Å². The van der Waals surface area contributed by atoms with E-state index in [1.165, 1.54) is 7.05 Å². The van der Waals surface area contributed by atoms with Gasteiger partial charge in [-0.2, -0.15) is 0 Å². The Morgan fingerprint density at radius 3 is 1.76 bits per heavy atom. The highest BCUT2D eigenvalue weighted by Gasteiger charge is 2.31. The standard InChI is InChI=1S/C13H24N2O6/c1-12(2,3)20-10(17)15(7)8(14)9(16)19-11(18)21-13(4,5)6/h8H,14H2,1-7H3. The molecule has 0 heterocycles. The maximum Gasteiger partial charge on any atom is 0.516 e. The van der Waals surface area contributed by atoms with Crippen LogP contribution in [-0.2, 0) is 19.0 Å². The molecule has 0 aromatic heterocycles. The van der Waals surface area contributed by atoms with Gasteiger partial charge in [0.1, 0.15) is 11.2 Å². The van der Waals surface area contributed by atoms with E-state index >= 15 is 0 Å². The molecule has 21 heavy (non-hydrogen) atoms. The Labute approximate surface area is 124 Å². The second kappa shape index (κ2) is 6.75. The van der Waals surface area contributed by atoms with Crippen LogP contribution in [0.25, 0.3) is 0 Å². The highest BCUT2D eigenvalue weighted by molar-refractivity contribution is 5.87. The van der Waals surface area contributed by atoms with Crippen molar-refractivity contribution in [3.63, 3.8) is 0 Å². The third-order valence-electron chi connectivity index (χ3n) is 1.91. The number of hydrogen-bond acceptors (Lipinski definition) is 7. The van der Waals surface area contributed by atoms with Crippen molar-refractivity contribution in [2.24, 2.45) is 5.73 Å². The zero-order valence-corrected chi connectivity index (χ0v) is 13.6. The summed E-state index contributed by atoms with van der Waals surface area (Å²) in [7, 11) is 1.26. The molecular formula is C13H24N2O6. The second-order valence-corrected chi connectivity index (χ2v) is 6.42. The van der Waals surface area contributed by atoms with Crippen LogP contribution in [0, 0.1) is 0 Å². The van der Waals surface area contributed by atoms with Gasteiger partial charge in [-0.05, 0) is 41.5 Å². The van der Waals surface area contributed by atoms with Gasteiger partial charge in [0.2, 0.25) is 0 Å². The fraction of sp³-hybridized carbons (Fsp3) is 0.769. The van der Waals surface area contributed by atoms with Gasteiger partial charge < -0.3 is 19.9 Å². The smallest absolute Gasteiger partial charge is 0.444 e. The van der Waals surface area contributed by atoms with Crippen LogP contribution in [0.5, 0.6) is 0 Å². The molecule has 0 bridgehead atoms. The molecule has 122 valence electrons. The third-order valence-corrected chi connectivity index (χ3v) is 1.91. The lowest BCUT2D eigenvalue weighted by Crippen LogP contribution is -2.51. The molecule has 0 saturated carbocycles. The minimum Gasteiger partial charge on any atom is -0.444 e. The van der Waals surface area contributed by atoms with E-state index in [0.29, 0.717) is 0 Å². The molecule has 0 aliphatic carbocycles. The molecule has 0 aromatic rings. The normalized spacial score (nSPS) is 13.1. The molecule has 0 aliphatic heterocycles. The van der Waals surface area contributed by atoms with Crippen LogP contribution in [0.3, 0.4) is 0 Å². The molecule has 0 saturated heterocycles. The molecule has 0 spiro atoms. The fourth-order valence-electron chi connectivity index (χ4n) is 1.02. The summed E-state index contributed by atoms with van der Waals surface area (Å²) >= 11 is 0. The van der Waals surface area contributed by atoms with E-state index in [4.69, 9.17) is 15.2 Å². The summed E-state index contributed by atoms with van der Waals surface area (Å²) in [5.41, 5.74) is 3.99. The Bertz CT molecular complexity index is 408. The summed E-state index contributed by atoms with van der Waals surface area (Å²) in [6.45, 7) is 9.86. The van der Waals surface area contributed by atoms with Crippen molar-refractivity contribution in [2.45, 2.75) is 58.9 Å². The number of rotatable bonds is 2. The van der Waals surface area contributed by atoms with E-state index in [9.17, 15) is 14.4 Å². The van der Waals surface area contributed by atoms with E-state index in [2.05, 4.69) is 4.74 Å². The molecule has 8 heteroatoms. The topological polar surface area (TPSA) is 108 Å². The number of esters is 1. The Balaban J connectivity index is 4.57. The van der Waals surface area contributed by atoms with E-state index < -0.39 is 35.6 Å². The first-order valence-electron chi connectivity index (χ1n) is 6.39. The SMILES string of the molecule is CN(C(=O)OC(C)(C)C)C(N)C(=O)OC(=O)OC(C)(C)C. The Morgan fingerprint density at radius 2 is 1.38 bits per heavy atom. The summed E-state index contributed by atoms with van der Waals surface area (Å²) < 4.78 is 14.3. The fourth-order valence-corrected chi connectivity index (χ4v) is 1.02. The molecule has 0 rings (SSSR count). The molecule has 8 nitrogen and oxygen atoms in total. The first-order chi connectivity index (χ1) is 9.23. The number of hydrogen-bond donors (Lipinski definition) is 1. The molecule has 0 aromatic carbocycles. The van der Waals surface area contributed by atoms with Gasteiger partial charge in [-0.15, -0.1) is 0 Å². The van der Waals surface area contributed by atoms with Crippen LogP contribution >= 0.6 is 0 Å². The minimum atomic E-state index is -1.48. The monoisotopic (exact) mass is 304 g/mol. The zero-order valence-electron chi connectivity index (χ0n) is 13.6. The van der Waals surface area contributed by atoms with Crippen LogP contribution in [0.15, 0.2) is 0 Å². The number of nitrogens with zero attached hydrogens (tertiary/aromatic N) is 1. The van der Waals surface area contributed by atoms with Gasteiger partial charge in [-0.25, -0.2) is 14.4 Å². The molecular weight excluding hydrogens is 280 g/mol. The van der Waals surface area contributed by atoms with Crippen LogP contribution in [0.1, 0.15) is 41.5 Å². The molecule has 0 aliphatic rings. The Morgan fingerprint density at radius 1 is 0.952 bits per heavy atom. The van der Waals surface area contributed by atoms with Crippen molar-refractivity contribution >= 4 is 18.2 Å². The van der Waals surface area contributed by atoms with Crippen LogP contribution < -0.4 is 5.73 Å². The third kappa shape index (κ3) is 8.13. The van der Waals surface area contributed by atoms with Crippen molar-refractivity contribution in [1.29, 1.82) is 0 Å². The second-order valence-electron chi connectivity index (χ2n) is 6.42. The van der Waals surface area contributed by atoms with Gasteiger partial charge >= 0.3 is 18.2 Å². The number of nitrogens with two attached hydrogens (primary N) is 1. The summed E-state index contributed by atoms with van der Waals surface area (Å²) in [4.78, 5) is 35.5. The summed E-state index contributed by atoms with van der Waals surface area (Å²) in [5.74, 6) is -1.11. The van der Waals surface area contributed by atoms with Gasteiger partial charge in [0, 0.05) is 7.05 Å². The molecule has 1 amide bonds. The van der Waals surface area contributed by atoms with E-state index in [1.54, 1.807) is 41.5 Å². The van der Waals surface area contributed by atoms with Crippen molar-refractivity contribution in [3.05, 3.63) is 0 Å². The number of amides is 1. The van der Waals surface area contributed by atoms with Crippen LogP contribution in [-0.4, -0.2) is 47.5 Å². The number of carbonyl (C=O) groups is 3. The quantitative estimate of drug-likeness (QED) is 0.469. The predicted octanol–water partition coefficient (Wildman–Crippen LogP) is 1.62. The first-order valence-corrected chi connectivity index (χ1v) is 6.39. The minimum absolute atomic E-state index is 0.736. The molecule has 2 N–H and O–H groups in total. The number of ether oxygens (including phenoxy) is 3. The lowest BCUT2D eigenvalue weighted by molar-refractivity contribution is -0.146. The Kier molecular flexibility index (Phi) is 6.16. The van der Waals surface area contributed by atoms with Crippen molar-refractivity contribution < 1.29 is 28.6 Å². The lowest BCUT2D eigenvalue weighted by Gasteiger charge is -2.27. The molecule has 1 unspecified atom stereocenters. The molecule has 0 radical (unpaired) electrons.